The molecule has 1 nitrogen and oxygen atoms in total. The zero-order chi connectivity index (χ0) is 12.3. The maximum Gasteiger partial charge on any atom is 0.174 e. The molecule has 17 heavy (non-hydrogen) atoms. The number of allylic oxidation sites excluding steroid dienone is 4. The van der Waals surface area contributed by atoms with E-state index in [1.165, 1.54) is 12.0 Å². The largest absolute Gasteiger partial charge is 0.293 e. The molecule has 0 radical (unpaired) electrons. The maximum atomic E-state index is 11.8. The molecule has 0 aliphatic heterocycles. The topological polar surface area (TPSA) is 17.1 Å². The number of rotatable bonds is 1. The van der Waals surface area contributed by atoms with Crippen LogP contribution in [0.15, 0.2) is 21.2 Å². The highest BCUT2D eigenvalue weighted by molar-refractivity contribution is 6.43. The van der Waals surface area contributed by atoms with Gasteiger partial charge in [-0.05, 0) is 56.1 Å². The van der Waals surface area contributed by atoms with Gasteiger partial charge in [-0.25, -0.2) is 0 Å². The number of carbonyl (C=O) groups is 1. The lowest BCUT2D eigenvalue weighted by Gasteiger charge is -2.13. The molecule has 94 valence electrons. The van der Waals surface area contributed by atoms with Gasteiger partial charge >= 0.3 is 0 Å². The van der Waals surface area contributed by atoms with Crippen molar-refractivity contribution in [2.45, 2.75) is 57.8 Å². The number of carbonyl (C=O) groups excluding carboxylic acids is 1. The first-order chi connectivity index (χ1) is 8.20. The van der Waals surface area contributed by atoms with Crippen molar-refractivity contribution in [3.63, 3.8) is 0 Å². The normalized spacial score (nSPS) is 23.8. The summed E-state index contributed by atoms with van der Waals surface area (Å²) in [5.41, 5.74) is 2.21. The third-order valence-corrected chi connectivity index (χ3v) is 4.46. The van der Waals surface area contributed by atoms with E-state index in [0.29, 0.717) is 11.5 Å². The van der Waals surface area contributed by atoms with Crippen LogP contribution in [-0.4, -0.2) is 5.78 Å². The van der Waals surface area contributed by atoms with Gasteiger partial charge in [0.05, 0.1) is 5.03 Å². The molecule has 0 bridgehead atoms. The molecule has 0 N–H and O–H groups in total. The van der Waals surface area contributed by atoms with Crippen LogP contribution < -0.4 is 0 Å². The minimum atomic E-state index is 0.0976. The van der Waals surface area contributed by atoms with Crippen LogP contribution in [-0.2, 0) is 4.79 Å². The fourth-order valence-electron chi connectivity index (χ4n) is 2.62. The Morgan fingerprint density at radius 3 is 2.12 bits per heavy atom. The standard InChI is InChI=1S/C14H18Cl2O/c15-12-8-3-1-2-6-10(12)11-7-4-5-9-13(17)14(11)16/h1-9H2. The van der Waals surface area contributed by atoms with Crippen molar-refractivity contribution in [3.8, 4) is 0 Å². The monoisotopic (exact) mass is 272 g/mol. The number of hydrogen-bond donors (Lipinski definition) is 0. The summed E-state index contributed by atoms with van der Waals surface area (Å²) < 4.78 is 0. The molecular formula is C14H18Cl2O. The Kier molecular flexibility index (Phi) is 4.69. The summed E-state index contributed by atoms with van der Waals surface area (Å²) >= 11 is 12.6. The molecule has 0 amide bonds. The Morgan fingerprint density at radius 1 is 0.706 bits per heavy atom. The Labute approximate surface area is 113 Å². The van der Waals surface area contributed by atoms with E-state index in [1.807, 2.05) is 0 Å². The van der Waals surface area contributed by atoms with E-state index in [0.717, 1.165) is 55.6 Å². The van der Waals surface area contributed by atoms with Crippen molar-refractivity contribution in [2.24, 2.45) is 0 Å². The van der Waals surface area contributed by atoms with Gasteiger partial charge in [0.15, 0.2) is 5.78 Å². The van der Waals surface area contributed by atoms with E-state index >= 15 is 0 Å². The Bertz CT molecular complexity index is 380. The predicted octanol–water partition coefficient (Wildman–Crippen LogP) is 5.08. The van der Waals surface area contributed by atoms with Crippen LogP contribution in [0.2, 0.25) is 0 Å². The minimum Gasteiger partial charge on any atom is -0.293 e. The third kappa shape index (κ3) is 3.14. The van der Waals surface area contributed by atoms with Crippen molar-refractivity contribution < 1.29 is 4.79 Å². The zero-order valence-corrected chi connectivity index (χ0v) is 11.5. The van der Waals surface area contributed by atoms with Crippen LogP contribution in [0.5, 0.6) is 0 Å². The summed E-state index contributed by atoms with van der Waals surface area (Å²) in [5, 5.41) is 1.39. The molecular weight excluding hydrogens is 255 g/mol. The number of halogens is 2. The second kappa shape index (κ2) is 6.06. The fraction of sp³-hybridized carbons (Fsp3) is 0.643. The average Bonchev–Trinajstić information content (AvgIpc) is 2.61. The first-order valence-corrected chi connectivity index (χ1v) is 7.25. The molecule has 0 heterocycles. The molecule has 2 rings (SSSR count). The lowest BCUT2D eigenvalue weighted by molar-refractivity contribution is -0.115. The maximum absolute atomic E-state index is 11.8. The van der Waals surface area contributed by atoms with Gasteiger partial charge in [-0.15, -0.1) is 0 Å². The smallest absolute Gasteiger partial charge is 0.174 e. The number of ketones is 1. The van der Waals surface area contributed by atoms with Crippen LogP contribution in [0.25, 0.3) is 0 Å². The molecule has 0 spiro atoms. The van der Waals surface area contributed by atoms with Crippen LogP contribution in [0.3, 0.4) is 0 Å². The first-order valence-electron chi connectivity index (χ1n) is 6.50. The van der Waals surface area contributed by atoms with E-state index in [9.17, 15) is 4.79 Å². The first kappa shape index (κ1) is 13.2. The quantitative estimate of drug-likeness (QED) is 0.651. The van der Waals surface area contributed by atoms with E-state index in [2.05, 4.69) is 0 Å². The van der Waals surface area contributed by atoms with E-state index in [-0.39, 0.29) is 5.78 Å². The fourth-order valence-corrected chi connectivity index (χ4v) is 3.26. The summed E-state index contributed by atoms with van der Waals surface area (Å²) in [5.74, 6) is 0.0976. The highest BCUT2D eigenvalue weighted by atomic mass is 35.5. The van der Waals surface area contributed by atoms with Crippen molar-refractivity contribution in [3.05, 3.63) is 21.2 Å². The van der Waals surface area contributed by atoms with Gasteiger partial charge in [0.1, 0.15) is 0 Å². The molecule has 0 aromatic carbocycles. The Morgan fingerprint density at radius 2 is 1.29 bits per heavy atom. The lowest BCUT2D eigenvalue weighted by atomic mass is 9.97. The van der Waals surface area contributed by atoms with Gasteiger partial charge in [-0.2, -0.15) is 0 Å². The summed E-state index contributed by atoms with van der Waals surface area (Å²) in [6.07, 6.45) is 8.96. The molecule has 0 aromatic rings. The van der Waals surface area contributed by atoms with Crippen molar-refractivity contribution in [2.75, 3.05) is 0 Å². The summed E-state index contributed by atoms with van der Waals surface area (Å²) in [4.78, 5) is 11.8. The van der Waals surface area contributed by atoms with Gasteiger partial charge in [0.25, 0.3) is 0 Å². The van der Waals surface area contributed by atoms with Crippen LogP contribution >= 0.6 is 23.2 Å². The molecule has 0 aromatic heterocycles. The second-order valence-corrected chi connectivity index (χ2v) is 5.70. The molecule has 0 fully saturated rings. The SMILES string of the molecule is O=C1CCCCC(C2=C(Cl)CCCCC2)=C1Cl. The van der Waals surface area contributed by atoms with Crippen molar-refractivity contribution in [1.82, 2.24) is 0 Å². The van der Waals surface area contributed by atoms with Crippen LogP contribution in [0.4, 0.5) is 0 Å². The zero-order valence-electron chi connectivity index (χ0n) is 10.0. The van der Waals surface area contributed by atoms with E-state index < -0.39 is 0 Å². The van der Waals surface area contributed by atoms with Gasteiger partial charge in [0, 0.05) is 11.5 Å². The van der Waals surface area contributed by atoms with Crippen molar-refractivity contribution >= 4 is 29.0 Å². The van der Waals surface area contributed by atoms with Crippen molar-refractivity contribution in [1.29, 1.82) is 0 Å². The molecule has 2 aliphatic carbocycles. The molecule has 3 heteroatoms. The Hall–Kier alpha value is -0.270. The predicted molar refractivity (Wildman–Crippen MR) is 72.3 cm³/mol. The highest BCUT2D eigenvalue weighted by Gasteiger charge is 2.22. The van der Waals surface area contributed by atoms with Gasteiger partial charge in [-0.1, -0.05) is 29.6 Å². The molecule has 0 unspecified atom stereocenters. The van der Waals surface area contributed by atoms with Crippen LogP contribution in [0, 0.1) is 0 Å². The molecule has 2 aliphatic rings. The second-order valence-electron chi connectivity index (χ2n) is 4.87. The molecule has 0 saturated carbocycles. The van der Waals surface area contributed by atoms with Gasteiger partial charge in [0.2, 0.25) is 0 Å². The lowest BCUT2D eigenvalue weighted by Crippen LogP contribution is -2.00. The summed E-state index contributed by atoms with van der Waals surface area (Å²) in [6.45, 7) is 0. The van der Waals surface area contributed by atoms with Gasteiger partial charge in [-0.3, -0.25) is 4.79 Å². The molecule has 0 saturated heterocycles. The summed E-state index contributed by atoms with van der Waals surface area (Å²) in [7, 11) is 0. The van der Waals surface area contributed by atoms with Crippen LogP contribution in [0.1, 0.15) is 57.8 Å². The Balaban J connectivity index is 2.35. The number of Topliss-reactive ketones (excluding diaryl/α,β-unsaturated/α-hetero) is 1. The summed E-state index contributed by atoms with van der Waals surface area (Å²) in [6, 6.07) is 0. The van der Waals surface area contributed by atoms with Gasteiger partial charge < -0.3 is 0 Å². The van der Waals surface area contributed by atoms with E-state index in [1.54, 1.807) is 0 Å². The number of hydrogen-bond acceptors (Lipinski definition) is 1. The average molecular weight is 273 g/mol. The van der Waals surface area contributed by atoms with E-state index in [4.69, 9.17) is 23.2 Å². The third-order valence-electron chi connectivity index (χ3n) is 3.61. The highest BCUT2D eigenvalue weighted by Crippen LogP contribution is 2.37. The minimum absolute atomic E-state index is 0.0976. The molecule has 0 atom stereocenters.